The van der Waals surface area contributed by atoms with Crippen LogP contribution < -0.4 is 5.32 Å². The van der Waals surface area contributed by atoms with E-state index in [9.17, 15) is 0 Å². The summed E-state index contributed by atoms with van der Waals surface area (Å²) in [5.41, 5.74) is 0. The van der Waals surface area contributed by atoms with Gasteiger partial charge in [0.1, 0.15) is 5.01 Å². The van der Waals surface area contributed by atoms with Crippen LogP contribution in [0.25, 0.3) is 0 Å². The van der Waals surface area contributed by atoms with Gasteiger partial charge >= 0.3 is 0 Å². The van der Waals surface area contributed by atoms with Crippen molar-refractivity contribution in [2.45, 2.75) is 13.0 Å². The summed E-state index contributed by atoms with van der Waals surface area (Å²) >= 11 is 1.62. The lowest BCUT2D eigenvalue weighted by atomic mass is 10.4. The van der Waals surface area contributed by atoms with Crippen LogP contribution in [0.4, 0.5) is 5.13 Å². The van der Waals surface area contributed by atoms with Crippen molar-refractivity contribution in [1.29, 1.82) is 0 Å². The van der Waals surface area contributed by atoms with Gasteiger partial charge in [-0.25, -0.2) is 0 Å². The highest BCUT2D eigenvalue weighted by Gasteiger charge is 2.06. The quantitative estimate of drug-likeness (QED) is 0.773. The van der Waals surface area contributed by atoms with Crippen molar-refractivity contribution < 1.29 is 0 Å². The second-order valence-corrected chi connectivity index (χ2v) is 5.21. The summed E-state index contributed by atoms with van der Waals surface area (Å²) in [6.45, 7) is 3.10. The summed E-state index contributed by atoms with van der Waals surface area (Å²) in [6.07, 6.45) is 1.18. The van der Waals surface area contributed by atoms with E-state index in [4.69, 9.17) is 0 Å². The van der Waals surface area contributed by atoms with Gasteiger partial charge in [-0.15, -0.1) is 10.2 Å². The first-order chi connectivity index (χ1) is 7.61. The van der Waals surface area contributed by atoms with Crippen LogP contribution in [-0.4, -0.2) is 61.3 Å². The Kier molecular flexibility index (Phi) is 5.65. The molecule has 0 amide bonds. The van der Waals surface area contributed by atoms with Gasteiger partial charge in [-0.1, -0.05) is 11.3 Å². The lowest BCUT2D eigenvalue weighted by Gasteiger charge is -2.16. The van der Waals surface area contributed by atoms with Crippen molar-refractivity contribution in [3.8, 4) is 0 Å². The molecule has 0 saturated heterocycles. The highest BCUT2D eigenvalue weighted by atomic mass is 32.1. The van der Waals surface area contributed by atoms with Crippen LogP contribution in [0.15, 0.2) is 0 Å². The minimum Gasteiger partial charge on any atom is -0.363 e. The van der Waals surface area contributed by atoms with Crippen molar-refractivity contribution in [1.82, 2.24) is 20.0 Å². The van der Waals surface area contributed by atoms with Crippen molar-refractivity contribution >= 4 is 16.5 Å². The Bertz CT molecular complexity index is 299. The molecule has 1 N–H and O–H groups in total. The molecular weight excluding hydrogens is 222 g/mol. The Morgan fingerprint density at radius 2 is 1.94 bits per heavy atom. The highest BCUT2D eigenvalue weighted by molar-refractivity contribution is 7.15. The number of nitrogens with one attached hydrogen (secondary N) is 1. The Balaban J connectivity index is 2.25. The van der Waals surface area contributed by atoms with Gasteiger partial charge in [0.05, 0.1) is 6.54 Å². The molecule has 1 heterocycles. The smallest absolute Gasteiger partial charge is 0.205 e. The highest BCUT2D eigenvalue weighted by Crippen LogP contribution is 2.15. The molecule has 0 unspecified atom stereocenters. The predicted molar refractivity (Wildman–Crippen MR) is 69.0 cm³/mol. The molecule has 1 rings (SSSR count). The van der Waals surface area contributed by atoms with Crippen LogP contribution in [0, 0.1) is 0 Å². The van der Waals surface area contributed by atoms with Gasteiger partial charge in [0, 0.05) is 7.05 Å². The Hall–Kier alpha value is -0.720. The van der Waals surface area contributed by atoms with Crippen LogP contribution in [0.5, 0.6) is 0 Å². The summed E-state index contributed by atoms with van der Waals surface area (Å²) < 4.78 is 0. The molecule has 6 heteroatoms. The number of nitrogens with zero attached hydrogens (tertiary/aromatic N) is 4. The average Bonchev–Trinajstić information content (AvgIpc) is 2.65. The van der Waals surface area contributed by atoms with Crippen molar-refractivity contribution in [2.24, 2.45) is 0 Å². The molecule has 1 aromatic rings. The molecule has 0 saturated carbocycles. The fourth-order valence-corrected chi connectivity index (χ4v) is 2.16. The molecule has 0 aliphatic carbocycles. The first-order valence-corrected chi connectivity index (χ1v) is 6.27. The third-order valence-corrected chi connectivity index (χ3v) is 3.16. The van der Waals surface area contributed by atoms with E-state index in [2.05, 4.69) is 46.5 Å². The molecule has 0 atom stereocenters. The van der Waals surface area contributed by atoms with E-state index >= 15 is 0 Å². The van der Waals surface area contributed by atoms with E-state index in [1.54, 1.807) is 11.3 Å². The van der Waals surface area contributed by atoms with E-state index < -0.39 is 0 Å². The number of rotatable bonds is 7. The molecule has 0 aliphatic rings. The molecule has 0 fully saturated rings. The molecular formula is C10H21N5S. The molecule has 1 aromatic heterocycles. The summed E-state index contributed by atoms with van der Waals surface area (Å²) in [7, 11) is 8.19. The van der Waals surface area contributed by atoms with Gasteiger partial charge < -0.3 is 10.2 Å². The molecule has 16 heavy (non-hydrogen) atoms. The van der Waals surface area contributed by atoms with Crippen LogP contribution in [-0.2, 0) is 6.54 Å². The van der Waals surface area contributed by atoms with Crippen LogP contribution in [0.2, 0.25) is 0 Å². The summed E-state index contributed by atoms with van der Waals surface area (Å²) in [6, 6.07) is 0. The minimum absolute atomic E-state index is 0.882. The number of aromatic nitrogens is 2. The third kappa shape index (κ3) is 4.87. The van der Waals surface area contributed by atoms with Gasteiger partial charge in [0.25, 0.3) is 0 Å². The SMILES string of the molecule is CNc1nnc(CN(C)CCCN(C)C)s1. The molecule has 0 aromatic carbocycles. The summed E-state index contributed by atoms with van der Waals surface area (Å²) in [5, 5.41) is 13.1. The fourth-order valence-electron chi connectivity index (χ4n) is 1.39. The maximum Gasteiger partial charge on any atom is 0.205 e. The second kappa shape index (κ2) is 6.78. The zero-order valence-corrected chi connectivity index (χ0v) is 11.3. The number of anilines is 1. The first kappa shape index (κ1) is 13.3. The molecule has 0 aliphatic heterocycles. The predicted octanol–water partition coefficient (Wildman–Crippen LogP) is 0.963. The first-order valence-electron chi connectivity index (χ1n) is 5.45. The van der Waals surface area contributed by atoms with E-state index in [-0.39, 0.29) is 0 Å². The van der Waals surface area contributed by atoms with Crippen LogP contribution in [0.3, 0.4) is 0 Å². The Labute approximate surface area is 101 Å². The molecule has 92 valence electrons. The fraction of sp³-hybridized carbons (Fsp3) is 0.800. The van der Waals surface area contributed by atoms with Gasteiger partial charge in [-0.3, -0.25) is 4.90 Å². The molecule has 0 radical (unpaired) electrons. The van der Waals surface area contributed by atoms with E-state index in [0.29, 0.717) is 0 Å². The monoisotopic (exact) mass is 243 g/mol. The zero-order chi connectivity index (χ0) is 12.0. The van der Waals surface area contributed by atoms with Crippen LogP contribution >= 0.6 is 11.3 Å². The van der Waals surface area contributed by atoms with E-state index in [1.807, 2.05) is 7.05 Å². The number of hydrogen-bond donors (Lipinski definition) is 1. The maximum absolute atomic E-state index is 4.12. The van der Waals surface area contributed by atoms with Crippen molar-refractivity contribution in [3.05, 3.63) is 5.01 Å². The van der Waals surface area contributed by atoms with Gasteiger partial charge in [0.2, 0.25) is 5.13 Å². The molecule has 0 spiro atoms. The summed E-state index contributed by atoms with van der Waals surface area (Å²) in [5.74, 6) is 0. The second-order valence-electron chi connectivity index (χ2n) is 4.15. The van der Waals surface area contributed by atoms with Crippen molar-refractivity contribution in [3.63, 3.8) is 0 Å². The standard InChI is InChI=1S/C10H21N5S/c1-11-10-13-12-9(16-10)8-15(4)7-5-6-14(2)3/h5-8H2,1-4H3,(H,11,13). The molecule has 5 nitrogen and oxygen atoms in total. The van der Waals surface area contributed by atoms with Gasteiger partial charge in [-0.2, -0.15) is 0 Å². The van der Waals surface area contributed by atoms with Crippen molar-refractivity contribution in [2.75, 3.05) is 46.6 Å². The number of hydrogen-bond acceptors (Lipinski definition) is 6. The van der Waals surface area contributed by atoms with Crippen LogP contribution in [0.1, 0.15) is 11.4 Å². The zero-order valence-electron chi connectivity index (χ0n) is 10.5. The lowest BCUT2D eigenvalue weighted by molar-refractivity contribution is 0.294. The molecule has 0 bridgehead atoms. The Morgan fingerprint density at radius 3 is 2.50 bits per heavy atom. The third-order valence-electron chi connectivity index (χ3n) is 2.23. The van der Waals surface area contributed by atoms with Gasteiger partial charge in [-0.05, 0) is 40.7 Å². The van der Waals surface area contributed by atoms with E-state index in [1.165, 1.54) is 6.42 Å². The Morgan fingerprint density at radius 1 is 1.19 bits per heavy atom. The lowest BCUT2D eigenvalue weighted by Crippen LogP contribution is -2.23. The normalized spacial score (nSPS) is 11.4. The average molecular weight is 243 g/mol. The topological polar surface area (TPSA) is 44.3 Å². The summed E-state index contributed by atoms with van der Waals surface area (Å²) in [4.78, 5) is 4.49. The van der Waals surface area contributed by atoms with E-state index in [0.717, 1.165) is 29.8 Å². The van der Waals surface area contributed by atoms with Gasteiger partial charge in [0.15, 0.2) is 0 Å². The largest absolute Gasteiger partial charge is 0.363 e. The maximum atomic E-state index is 4.12. The minimum atomic E-state index is 0.882.